The lowest BCUT2D eigenvalue weighted by molar-refractivity contribution is -0.300. The SMILES string of the molecule is CC[C@@H]1C[C@H](CC(=O)OC(C)(C)C)OC(C)(C)O1. The maximum absolute atomic E-state index is 11.8. The maximum atomic E-state index is 11.8. The van der Waals surface area contributed by atoms with Crippen molar-refractivity contribution >= 4 is 5.97 Å². The molecule has 106 valence electrons. The average Bonchev–Trinajstić information content (AvgIpc) is 2.11. The molecule has 0 bridgehead atoms. The van der Waals surface area contributed by atoms with Crippen LogP contribution in [0, 0.1) is 0 Å². The lowest BCUT2D eigenvalue weighted by Crippen LogP contribution is -2.45. The van der Waals surface area contributed by atoms with E-state index < -0.39 is 11.4 Å². The largest absolute Gasteiger partial charge is 0.460 e. The second-order valence-electron chi connectivity index (χ2n) is 6.31. The molecule has 1 aliphatic rings. The molecule has 0 spiro atoms. The molecular weight excluding hydrogens is 232 g/mol. The van der Waals surface area contributed by atoms with Gasteiger partial charge in [-0.25, -0.2) is 0 Å². The van der Waals surface area contributed by atoms with Crippen molar-refractivity contribution in [2.75, 3.05) is 0 Å². The van der Waals surface area contributed by atoms with Crippen molar-refractivity contribution in [1.29, 1.82) is 0 Å². The molecule has 18 heavy (non-hydrogen) atoms. The number of hydrogen-bond acceptors (Lipinski definition) is 4. The van der Waals surface area contributed by atoms with Crippen LogP contribution in [0.3, 0.4) is 0 Å². The minimum absolute atomic E-state index is 0.117. The van der Waals surface area contributed by atoms with E-state index in [1.54, 1.807) is 0 Å². The molecular formula is C14H26O4. The molecule has 4 nitrogen and oxygen atoms in total. The molecule has 4 heteroatoms. The Labute approximate surface area is 110 Å². The van der Waals surface area contributed by atoms with Crippen LogP contribution >= 0.6 is 0 Å². The molecule has 0 N–H and O–H groups in total. The monoisotopic (exact) mass is 258 g/mol. The second-order valence-corrected chi connectivity index (χ2v) is 6.31. The van der Waals surface area contributed by atoms with E-state index in [4.69, 9.17) is 14.2 Å². The summed E-state index contributed by atoms with van der Waals surface area (Å²) in [5, 5.41) is 0. The van der Waals surface area contributed by atoms with Crippen molar-refractivity contribution in [2.24, 2.45) is 0 Å². The van der Waals surface area contributed by atoms with Crippen LogP contribution in [0.1, 0.15) is 60.8 Å². The van der Waals surface area contributed by atoms with Crippen LogP contribution in [0.5, 0.6) is 0 Å². The van der Waals surface area contributed by atoms with Gasteiger partial charge in [-0.1, -0.05) is 6.92 Å². The van der Waals surface area contributed by atoms with Crippen LogP contribution in [0.2, 0.25) is 0 Å². The summed E-state index contributed by atoms with van der Waals surface area (Å²) in [6.45, 7) is 11.5. The third-order valence-corrected chi connectivity index (χ3v) is 2.70. The predicted octanol–water partition coefficient (Wildman–Crippen LogP) is 3.04. The van der Waals surface area contributed by atoms with Crippen LogP contribution in [0.25, 0.3) is 0 Å². The molecule has 2 atom stereocenters. The minimum Gasteiger partial charge on any atom is -0.460 e. The van der Waals surface area contributed by atoms with E-state index in [0.29, 0.717) is 6.42 Å². The molecule has 1 rings (SSSR count). The Morgan fingerprint density at radius 2 is 1.83 bits per heavy atom. The number of carbonyl (C=O) groups excluding carboxylic acids is 1. The quantitative estimate of drug-likeness (QED) is 0.730. The van der Waals surface area contributed by atoms with Crippen molar-refractivity contribution in [1.82, 2.24) is 0 Å². The molecule has 1 fully saturated rings. The molecule has 1 heterocycles. The highest BCUT2D eigenvalue weighted by atomic mass is 16.7. The van der Waals surface area contributed by atoms with Gasteiger partial charge < -0.3 is 14.2 Å². The molecule has 0 amide bonds. The molecule has 0 aromatic carbocycles. The van der Waals surface area contributed by atoms with E-state index in [9.17, 15) is 4.79 Å². The second kappa shape index (κ2) is 5.57. The molecule has 1 saturated heterocycles. The fraction of sp³-hybridized carbons (Fsp3) is 0.929. The number of carbonyl (C=O) groups is 1. The summed E-state index contributed by atoms with van der Waals surface area (Å²) in [5.74, 6) is -0.828. The fourth-order valence-corrected chi connectivity index (χ4v) is 2.16. The van der Waals surface area contributed by atoms with Gasteiger partial charge in [-0.2, -0.15) is 0 Å². The van der Waals surface area contributed by atoms with Gasteiger partial charge in [0.1, 0.15) is 5.60 Å². The number of esters is 1. The summed E-state index contributed by atoms with van der Waals surface area (Å²) in [5.41, 5.74) is -0.443. The van der Waals surface area contributed by atoms with Crippen molar-refractivity contribution in [3.05, 3.63) is 0 Å². The first-order valence-corrected chi connectivity index (χ1v) is 6.69. The summed E-state index contributed by atoms with van der Waals surface area (Å²) in [6.07, 6.45) is 2.01. The highest BCUT2D eigenvalue weighted by Crippen LogP contribution is 2.30. The Hall–Kier alpha value is -0.610. The molecule has 0 aromatic heterocycles. The van der Waals surface area contributed by atoms with Gasteiger partial charge in [0.05, 0.1) is 18.6 Å². The number of rotatable bonds is 3. The highest BCUT2D eigenvalue weighted by Gasteiger charge is 2.36. The standard InChI is InChI=1S/C14H26O4/c1-7-10-8-11(17-14(5,6)16-10)9-12(15)18-13(2,3)4/h10-11H,7-9H2,1-6H3/t10-,11-/m1/s1. The molecule has 0 radical (unpaired) electrons. The zero-order valence-corrected chi connectivity index (χ0v) is 12.4. The van der Waals surface area contributed by atoms with Gasteiger partial charge in [-0.3, -0.25) is 4.79 Å². The van der Waals surface area contributed by atoms with Gasteiger partial charge in [0.25, 0.3) is 0 Å². The Kier molecular flexibility index (Phi) is 4.78. The van der Waals surface area contributed by atoms with Crippen LogP contribution in [-0.2, 0) is 19.0 Å². The van der Waals surface area contributed by atoms with Gasteiger partial charge in [-0.05, 0) is 41.0 Å². The zero-order valence-electron chi connectivity index (χ0n) is 12.4. The Morgan fingerprint density at radius 3 is 2.33 bits per heavy atom. The first-order valence-electron chi connectivity index (χ1n) is 6.69. The van der Waals surface area contributed by atoms with E-state index >= 15 is 0 Å². The topological polar surface area (TPSA) is 44.8 Å². The minimum atomic E-state index is -0.619. The number of ether oxygens (including phenoxy) is 3. The molecule has 0 saturated carbocycles. The van der Waals surface area contributed by atoms with Gasteiger partial charge in [0.2, 0.25) is 0 Å². The average molecular weight is 258 g/mol. The van der Waals surface area contributed by atoms with Crippen molar-refractivity contribution in [2.45, 2.75) is 84.4 Å². The third kappa shape index (κ3) is 5.36. The van der Waals surface area contributed by atoms with Crippen LogP contribution < -0.4 is 0 Å². The third-order valence-electron chi connectivity index (χ3n) is 2.70. The van der Waals surface area contributed by atoms with Crippen LogP contribution in [0.15, 0.2) is 0 Å². The van der Waals surface area contributed by atoms with Gasteiger partial charge in [0.15, 0.2) is 5.79 Å². The highest BCUT2D eigenvalue weighted by molar-refractivity contribution is 5.70. The molecule has 0 aromatic rings. The fourth-order valence-electron chi connectivity index (χ4n) is 2.16. The summed E-state index contributed by atoms with van der Waals surface area (Å²) in [4.78, 5) is 11.8. The van der Waals surface area contributed by atoms with E-state index in [2.05, 4.69) is 6.92 Å². The van der Waals surface area contributed by atoms with Crippen molar-refractivity contribution in [3.8, 4) is 0 Å². The maximum Gasteiger partial charge on any atom is 0.308 e. The number of hydrogen-bond donors (Lipinski definition) is 0. The van der Waals surface area contributed by atoms with E-state index in [1.165, 1.54) is 0 Å². The van der Waals surface area contributed by atoms with Crippen molar-refractivity contribution in [3.63, 3.8) is 0 Å². The lowest BCUT2D eigenvalue weighted by Gasteiger charge is -2.40. The lowest BCUT2D eigenvalue weighted by atomic mass is 10.0. The zero-order chi connectivity index (χ0) is 14.0. The predicted molar refractivity (Wildman–Crippen MR) is 69.2 cm³/mol. The Balaban J connectivity index is 2.53. The van der Waals surface area contributed by atoms with E-state index in [0.717, 1.165) is 12.8 Å². The van der Waals surface area contributed by atoms with E-state index in [1.807, 2.05) is 34.6 Å². The summed E-state index contributed by atoms with van der Waals surface area (Å²) < 4.78 is 16.8. The van der Waals surface area contributed by atoms with Crippen LogP contribution in [0.4, 0.5) is 0 Å². The Bertz CT molecular complexity index is 291. The summed E-state index contributed by atoms with van der Waals surface area (Å²) in [6, 6.07) is 0. The first kappa shape index (κ1) is 15.4. The summed E-state index contributed by atoms with van der Waals surface area (Å²) >= 11 is 0. The summed E-state index contributed by atoms with van der Waals surface area (Å²) in [7, 11) is 0. The van der Waals surface area contributed by atoms with Crippen LogP contribution in [-0.4, -0.2) is 29.6 Å². The van der Waals surface area contributed by atoms with Crippen molar-refractivity contribution < 1.29 is 19.0 Å². The molecule has 1 aliphatic heterocycles. The van der Waals surface area contributed by atoms with Gasteiger partial charge in [0, 0.05) is 6.42 Å². The Morgan fingerprint density at radius 1 is 1.28 bits per heavy atom. The van der Waals surface area contributed by atoms with E-state index in [-0.39, 0.29) is 18.2 Å². The smallest absolute Gasteiger partial charge is 0.308 e. The molecule has 0 aliphatic carbocycles. The molecule has 0 unspecified atom stereocenters. The van der Waals surface area contributed by atoms with Gasteiger partial charge in [-0.15, -0.1) is 0 Å². The first-order chi connectivity index (χ1) is 8.11. The van der Waals surface area contributed by atoms with Gasteiger partial charge >= 0.3 is 5.97 Å². The normalized spacial score (nSPS) is 27.9.